The molecule has 1 fully saturated rings. The molecule has 0 aliphatic carbocycles. The summed E-state index contributed by atoms with van der Waals surface area (Å²) >= 11 is 0. The summed E-state index contributed by atoms with van der Waals surface area (Å²) in [6.45, 7) is 6.97. The van der Waals surface area contributed by atoms with Crippen LogP contribution in [0.25, 0.3) is 0 Å². The van der Waals surface area contributed by atoms with Crippen LogP contribution < -0.4 is 5.32 Å². The van der Waals surface area contributed by atoms with Gasteiger partial charge in [0.05, 0.1) is 10.9 Å². The van der Waals surface area contributed by atoms with E-state index in [1.165, 1.54) is 15.4 Å². The molecular formula is C23H30N2O3S. The minimum Gasteiger partial charge on any atom is -0.349 e. The van der Waals surface area contributed by atoms with Crippen LogP contribution >= 0.6 is 0 Å². The second-order valence-corrected chi connectivity index (χ2v) is 9.74. The molecule has 5 nitrogen and oxygen atoms in total. The highest BCUT2D eigenvalue weighted by Crippen LogP contribution is 2.26. The lowest BCUT2D eigenvalue weighted by Gasteiger charge is -2.31. The first kappa shape index (κ1) is 21.5. The lowest BCUT2D eigenvalue weighted by atomic mass is 9.95. The highest BCUT2D eigenvalue weighted by molar-refractivity contribution is 7.89. The first-order valence-corrected chi connectivity index (χ1v) is 11.7. The molecule has 0 unspecified atom stereocenters. The normalized spacial score (nSPS) is 17.1. The van der Waals surface area contributed by atoms with Gasteiger partial charge in [0.15, 0.2) is 0 Å². The van der Waals surface area contributed by atoms with Crippen molar-refractivity contribution in [3.63, 3.8) is 0 Å². The van der Waals surface area contributed by atoms with E-state index >= 15 is 0 Å². The zero-order chi connectivity index (χ0) is 21.0. The number of carbonyl (C=O) groups excluding carboxylic acids is 1. The van der Waals surface area contributed by atoms with Crippen molar-refractivity contribution in [3.05, 3.63) is 65.2 Å². The summed E-state index contributed by atoms with van der Waals surface area (Å²) in [6, 6.07) is 14.8. The van der Waals surface area contributed by atoms with Gasteiger partial charge in [-0.15, -0.1) is 0 Å². The second kappa shape index (κ2) is 9.09. The number of piperidine rings is 1. The minimum absolute atomic E-state index is 0.0202. The van der Waals surface area contributed by atoms with Gasteiger partial charge in [-0.3, -0.25) is 4.79 Å². The molecule has 6 heteroatoms. The Balaban J connectivity index is 1.61. The third-order valence-electron chi connectivity index (χ3n) is 5.86. The molecule has 156 valence electrons. The Morgan fingerprint density at radius 3 is 2.31 bits per heavy atom. The van der Waals surface area contributed by atoms with Crippen LogP contribution in [0, 0.1) is 19.8 Å². The van der Waals surface area contributed by atoms with Crippen molar-refractivity contribution in [2.45, 2.75) is 51.0 Å². The topological polar surface area (TPSA) is 66.5 Å². The van der Waals surface area contributed by atoms with Crippen LogP contribution in [0.2, 0.25) is 0 Å². The summed E-state index contributed by atoms with van der Waals surface area (Å²) in [4.78, 5) is 13.1. The van der Waals surface area contributed by atoms with Gasteiger partial charge in [-0.25, -0.2) is 8.42 Å². The molecule has 1 aliphatic rings. The molecule has 0 radical (unpaired) electrons. The van der Waals surface area contributed by atoms with Crippen molar-refractivity contribution in [1.82, 2.24) is 9.62 Å². The average molecular weight is 415 g/mol. The molecule has 2 aromatic rings. The Labute approximate surface area is 174 Å². The zero-order valence-electron chi connectivity index (χ0n) is 17.4. The SMILES string of the molecule is CC[C@@H](NC(=O)C1CCN(S(=O)(=O)c2ccccc2)CC1)c1ccc(C)c(C)c1. The molecule has 0 saturated carbocycles. The second-order valence-electron chi connectivity index (χ2n) is 7.80. The summed E-state index contributed by atoms with van der Waals surface area (Å²) in [7, 11) is -3.49. The van der Waals surface area contributed by atoms with E-state index in [4.69, 9.17) is 0 Å². The predicted molar refractivity (Wildman–Crippen MR) is 115 cm³/mol. The molecule has 1 atom stereocenters. The quantitative estimate of drug-likeness (QED) is 0.778. The molecule has 1 aliphatic heterocycles. The maximum Gasteiger partial charge on any atom is 0.243 e. The van der Waals surface area contributed by atoms with E-state index in [-0.39, 0.29) is 17.9 Å². The van der Waals surface area contributed by atoms with Crippen LogP contribution in [0.4, 0.5) is 0 Å². The van der Waals surface area contributed by atoms with Crippen LogP contribution in [0.1, 0.15) is 48.9 Å². The molecule has 29 heavy (non-hydrogen) atoms. The van der Waals surface area contributed by atoms with Crippen LogP contribution in [-0.4, -0.2) is 31.7 Å². The lowest BCUT2D eigenvalue weighted by Crippen LogP contribution is -2.43. The van der Waals surface area contributed by atoms with Crippen molar-refractivity contribution < 1.29 is 13.2 Å². The smallest absolute Gasteiger partial charge is 0.243 e. The Morgan fingerprint density at radius 2 is 1.72 bits per heavy atom. The van der Waals surface area contributed by atoms with Crippen LogP contribution in [0.15, 0.2) is 53.4 Å². The summed E-state index contributed by atoms with van der Waals surface area (Å²) in [5.41, 5.74) is 3.57. The lowest BCUT2D eigenvalue weighted by molar-refractivity contribution is -0.126. The highest BCUT2D eigenvalue weighted by Gasteiger charge is 2.32. The summed E-state index contributed by atoms with van der Waals surface area (Å²) in [5.74, 6) is -0.135. The summed E-state index contributed by atoms with van der Waals surface area (Å²) in [5, 5.41) is 3.18. The number of carbonyl (C=O) groups is 1. The molecular weight excluding hydrogens is 384 g/mol. The van der Waals surface area contributed by atoms with E-state index in [2.05, 4.69) is 44.3 Å². The molecule has 2 aromatic carbocycles. The van der Waals surface area contributed by atoms with Crippen LogP contribution in [0.5, 0.6) is 0 Å². The molecule has 3 rings (SSSR count). The fourth-order valence-electron chi connectivity index (χ4n) is 3.79. The number of nitrogens with zero attached hydrogens (tertiary/aromatic N) is 1. The Morgan fingerprint density at radius 1 is 1.07 bits per heavy atom. The number of sulfonamides is 1. The molecule has 1 N–H and O–H groups in total. The van der Waals surface area contributed by atoms with Gasteiger partial charge in [-0.2, -0.15) is 4.31 Å². The van der Waals surface area contributed by atoms with Crippen molar-refractivity contribution >= 4 is 15.9 Å². The van der Waals surface area contributed by atoms with Crippen LogP contribution in [-0.2, 0) is 14.8 Å². The maximum absolute atomic E-state index is 12.8. The third kappa shape index (κ3) is 4.87. The summed E-state index contributed by atoms with van der Waals surface area (Å²) < 4.78 is 27.0. The van der Waals surface area contributed by atoms with Crippen molar-refractivity contribution in [3.8, 4) is 0 Å². The largest absolute Gasteiger partial charge is 0.349 e. The number of hydrogen-bond acceptors (Lipinski definition) is 3. The zero-order valence-corrected chi connectivity index (χ0v) is 18.2. The number of aryl methyl sites for hydroxylation is 2. The Kier molecular flexibility index (Phi) is 6.75. The fraction of sp³-hybridized carbons (Fsp3) is 0.435. The minimum atomic E-state index is -3.49. The number of hydrogen-bond donors (Lipinski definition) is 1. The van der Waals surface area contributed by atoms with Crippen molar-refractivity contribution in [2.75, 3.05) is 13.1 Å². The van der Waals surface area contributed by atoms with Gasteiger partial charge in [-0.1, -0.05) is 43.3 Å². The molecule has 1 saturated heterocycles. The maximum atomic E-state index is 12.8. The van der Waals surface area contributed by atoms with Gasteiger partial charge in [0, 0.05) is 19.0 Å². The molecule has 0 spiro atoms. The van der Waals surface area contributed by atoms with E-state index in [1.807, 2.05) is 0 Å². The van der Waals surface area contributed by atoms with E-state index in [0.717, 1.165) is 12.0 Å². The number of amides is 1. The van der Waals surface area contributed by atoms with E-state index < -0.39 is 10.0 Å². The fourth-order valence-corrected chi connectivity index (χ4v) is 5.28. The first-order valence-electron chi connectivity index (χ1n) is 10.3. The van der Waals surface area contributed by atoms with Crippen molar-refractivity contribution in [1.29, 1.82) is 0 Å². The van der Waals surface area contributed by atoms with Crippen molar-refractivity contribution in [2.24, 2.45) is 5.92 Å². The molecule has 0 aromatic heterocycles. The number of rotatable bonds is 6. The monoisotopic (exact) mass is 414 g/mol. The first-order chi connectivity index (χ1) is 13.8. The molecule has 1 amide bonds. The van der Waals surface area contributed by atoms with Gasteiger partial charge < -0.3 is 5.32 Å². The van der Waals surface area contributed by atoms with Crippen LogP contribution in [0.3, 0.4) is 0 Å². The van der Waals surface area contributed by atoms with Gasteiger partial charge >= 0.3 is 0 Å². The number of benzene rings is 2. The van der Waals surface area contributed by atoms with Gasteiger partial charge in [-0.05, 0) is 61.9 Å². The number of nitrogens with one attached hydrogen (secondary N) is 1. The van der Waals surface area contributed by atoms with E-state index in [0.29, 0.717) is 30.8 Å². The molecule has 1 heterocycles. The van der Waals surface area contributed by atoms with Gasteiger partial charge in [0.1, 0.15) is 0 Å². The molecule has 0 bridgehead atoms. The Bertz CT molecular complexity index is 949. The van der Waals surface area contributed by atoms with E-state index in [9.17, 15) is 13.2 Å². The van der Waals surface area contributed by atoms with Gasteiger partial charge in [0.2, 0.25) is 15.9 Å². The third-order valence-corrected chi connectivity index (χ3v) is 7.78. The average Bonchev–Trinajstić information content (AvgIpc) is 2.74. The summed E-state index contributed by atoms with van der Waals surface area (Å²) in [6.07, 6.45) is 1.90. The predicted octanol–water partition coefficient (Wildman–Crippen LogP) is 3.97. The van der Waals surface area contributed by atoms with Gasteiger partial charge in [0.25, 0.3) is 0 Å². The highest BCUT2D eigenvalue weighted by atomic mass is 32.2. The standard InChI is InChI=1S/C23H30N2O3S/c1-4-22(20-11-10-17(2)18(3)16-20)24-23(26)19-12-14-25(15-13-19)29(27,28)21-8-6-5-7-9-21/h5-11,16,19,22H,4,12-15H2,1-3H3,(H,24,26)/t22-/m1/s1. The Hall–Kier alpha value is -2.18. The van der Waals surface area contributed by atoms with E-state index in [1.54, 1.807) is 30.3 Å².